The second kappa shape index (κ2) is 3.70. The molecule has 0 aliphatic heterocycles. The van der Waals surface area contributed by atoms with Gasteiger partial charge in [0.2, 0.25) is 0 Å². The first-order valence-corrected chi connectivity index (χ1v) is 4.94. The molecule has 14 heavy (non-hydrogen) atoms. The molecule has 0 atom stereocenters. The van der Waals surface area contributed by atoms with Gasteiger partial charge in [-0.3, -0.25) is 0 Å². The van der Waals surface area contributed by atoms with E-state index in [1.807, 2.05) is 13.0 Å². The zero-order valence-corrected chi connectivity index (χ0v) is 8.42. The highest BCUT2D eigenvalue weighted by molar-refractivity contribution is 5.73. The number of aryl methyl sites for hydroxylation is 1. The van der Waals surface area contributed by atoms with Crippen molar-refractivity contribution in [2.75, 3.05) is 0 Å². The van der Waals surface area contributed by atoms with Crippen molar-refractivity contribution in [3.63, 3.8) is 0 Å². The first kappa shape index (κ1) is 9.07. The molecule has 0 N–H and O–H groups in total. The third kappa shape index (κ3) is 1.35. The topological polar surface area (TPSA) is 13.1 Å². The lowest BCUT2D eigenvalue weighted by molar-refractivity contribution is 0.499. The van der Waals surface area contributed by atoms with Crippen molar-refractivity contribution in [2.45, 2.75) is 19.8 Å². The average Bonchev–Trinajstić information content (AvgIpc) is 2.58. The standard InChI is InChI=1S/C13H14O/c1-3-7-10-11-8-5-6-9-13(11)14-12(10)4-2/h3-5,7-8H,2,6,9H2,1H3/b7-3-. The molecule has 0 amide bonds. The third-order valence-electron chi connectivity index (χ3n) is 2.43. The van der Waals surface area contributed by atoms with Crippen LogP contribution in [0.1, 0.15) is 36.0 Å². The van der Waals surface area contributed by atoms with Crippen LogP contribution in [-0.2, 0) is 6.42 Å². The molecule has 0 saturated heterocycles. The van der Waals surface area contributed by atoms with Crippen molar-refractivity contribution in [2.24, 2.45) is 0 Å². The minimum atomic E-state index is 0.889. The van der Waals surface area contributed by atoms with Crippen LogP contribution in [0, 0.1) is 0 Å². The maximum Gasteiger partial charge on any atom is 0.134 e. The molecule has 0 fully saturated rings. The van der Waals surface area contributed by atoms with E-state index in [-0.39, 0.29) is 0 Å². The van der Waals surface area contributed by atoms with Crippen molar-refractivity contribution >= 4 is 18.2 Å². The summed E-state index contributed by atoms with van der Waals surface area (Å²) in [7, 11) is 0. The van der Waals surface area contributed by atoms with Gasteiger partial charge in [0, 0.05) is 17.5 Å². The number of allylic oxidation sites excluding steroid dienone is 2. The summed E-state index contributed by atoms with van der Waals surface area (Å²) in [6, 6.07) is 0. The molecule has 1 aliphatic rings. The Hall–Kier alpha value is -1.50. The normalized spacial score (nSPS) is 14.6. The lowest BCUT2D eigenvalue weighted by Gasteiger charge is -2.02. The highest BCUT2D eigenvalue weighted by Gasteiger charge is 2.15. The van der Waals surface area contributed by atoms with E-state index in [4.69, 9.17) is 4.42 Å². The van der Waals surface area contributed by atoms with Gasteiger partial charge in [0.25, 0.3) is 0 Å². The minimum Gasteiger partial charge on any atom is -0.460 e. The summed E-state index contributed by atoms with van der Waals surface area (Å²) >= 11 is 0. The summed E-state index contributed by atoms with van der Waals surface area (Å²) in [5.41, 5.74) is 2.39. The summed E-state index contributed by atoms with van der Waals surface area (Å²) < 4.78 is 5.72. The van der Waals surface area contributed by atoms with Gasteiger partial charge in [-0.15, -0.1) is 0 Å². The molecule has 0 aromatic carbocycles. The van der Waals surface area contributed by atoms with Gasteiger partial charge in [0.1, 0.15) is 11.5 Å². The number of rotatable bonds is 2. The molecule has 0 radical (unpaired) electrons. The summed E-state index contributed by atoms with van der Waals surface area (Å²) in [5.74, 6) is 1.98. The number of furan rings is 1. The molecular formula is C13H14O. The molecule has 2 rings (SSSR count). The smallest absolute Gasteiger partial charge is 0.134 e. The Balaban J connectivity index is 2.60. The largest absolute Gasteiger partial charge is 0.460 e. The predicted octanol–water partition coefficient (Wildman–Crippen LogP) is 3.92. The highest BCUT2D eigenvalue weighted by Crippen LogP contribution is 2.30. The average molecular weight is 186 g/mol. The maximum absolute atomic E-state index is 5.72. The van der Waals surface area contributed by atoms with Gasteiger partial charge in [-0.25, -0.2) is 0 Å². The van der Waals surface area contributed by atoms with Crippen molar-refractivity contribution < 1.29 is 4.42 Å². The van der Waals surface area contributed by atoms with E-state index in [1.54, 1.807) is 6.08 Å². The Bertz CT molecular complexity index is 405. The fourth-order valence-corrected chi connectivity index (χ4v) is 1.80. The van der Waals surface area contributed by atoms with Crippen LogP contribution in [0.25, 0.3) is 18.2 Å². The molecule has 1 aromatic heterocycles. The van der Waals surface area contributed by atoms with Gasteiger partial charge in [-0.2, -0.15) is 0 Å². The lowest BCUT2D eigenvalue weighted by Crippen LogP contribution is -1.89. The van der Waals surface area contributed by atoms with Gasteiger partial charge < -0.3 is 4.42 Å². The molecule has 1 heterocycles. The van der Waals surface area contributed by atoms with E-state index in [9.17, 15) is 0 Å². The molecule has 1 heteroatoms. The van der Waals surface area contributed by atoms with Crippen LogP contribution in [0.15, 0.2) is 23.1 Å². The summed E-state index contributed by atoms with van der Waals surface area (Å²) in [6.07, 6.45) is 12.3. The Morgan fingerprint density at radius 1 is 1.50 bits per heavy atom. The Kier molecular flexibility index (Phi) is 2.40. The quantitative estimate of drug-likeness (QED) is 0.682. The Morgan fingerprint density at radius 2 is 2.36 bits per heavy atom. The molecule has 1 aliphatic carbocycles. The third-order valence-corrected chi connectivity index (χ3v) is 2.43. The van der Waals surface area contributed by atoms with Crippen LogP contribution in [-0.4, -0.2) is 0 Å². The fraction of sp³-hybridized carbons (Fsp3) is 0.231. The second-order valence-corrected chi connectivity index (χ2v) is 3.36. The van der Waals surface area contributed by atoms with Gasteiger partial charge in [-0.05, 0) is 19.4 Å². The van der Waals surface area contributed by atoms with Gasteiger partial charge in [0.15, 0.2) is 0 Å². The molecular weight excluding hydrogens is 172 g/mol. The Morgan fingerprint density at radius 3 is 3.07 bits per heavy atom. The molecule has 72 valence electrons. The SMILES string of the molecule is C=Cc1oc2c(c1/C=C\C)C=CCC2. The van der Waals surface area contributed by atoms with E-state index in [2.05, 4.69) is 24.8 Å². The fourth-order valence-electron chi connectivity index (χ4n) is 1.80. The van der Waals surface area contributed by atoms with Crippen LogP contribution in [0.4, 0.5) is 0 Å². The molecule has 0 unspecified atom stereocenters. The van der Waals surface area contributed by atoms with Crippen LogP contribution in [0.2, 0.25) is 0 Å². The number of fused-ring (bicyclic) bond motifs is 1. The minimum absolute atomic E-state index is 0.889. The predicted molar refractivity (Wildman–Crippen MR) is 60.9 cm³/mol. The number of hydrogen-bond donors (Lipinski definition) is 0. The van der Waals surface area contributed by atoms with Crippen molar-refractivity contribution in [1.82, 2.24) is 0 Å². The van der Waals surface area contributed by atoms with E-state index >= 15 is 0 Å². The molecule has 0 spiro atoms. The summed E-state index contributed by atoms with van der Waals surface area (Å²) in [6.45, 7) is 5.78. The van der Waals surface area contributed by atoms with E-state index in [0.717, 1.165) is 29.9 Å². The van der Waals surface area contributed by atoms with E-state index < -0.39 is 0 Å². The maximum atomic E-state index is 5.72. The van der Waals surface area contributed by atoms with Crippen LogP contribution >= 0.6 is 0 Å². The first-order chi connectivity index (χ1) is 6.86. The second-order valence-electron chi connectivity index (χ2n) is 3.36. The van der Waals surface area contributed by atoms with E-state index in [1.165, 1.54) is 5.56 Å². The molecule has 0 saturated carbocycles. The molecule has 1 nitrogen and oxygen atoms in total. The van der Waals surface area contributed by atoms with Crippen molar-refractivity contribution in [3.8, 4) is 0 Å². The van der Waals surface area contributed by atoms with Crippen LogP contribution in [0.3, 0.4) is 0 Å². The first-order valence-electron chi connectivity index (χ1n) is 4.94. The van der Waals surface area contributed by atoms with Crippen molar-refractivity contribution in [1.29, 1.82) is 0 Å². The monoisotopic (exact) mass is 186 g/mol. The van der Waals surface area contributed by atoms with Gasteiger partial charge >= 0.3 is 0 Å². The number of hydrogen-bond acceptors (Lipinski definition) is 1. The van der Waals surface area contributed by atoms with Crippen LogP contribution < -0.4 is 0 Å². The summed E-state index contributed by atoms with van der Waals surface area (Å²) in [5, 5.41) is 0. The van der Waals surface area contributed by atoms with Crippen molar-refractivity contribution in [3.05, 3.63) is 41.4 Å². The van der Waals surface area contributed by atoms with Gasteiger partial charge in [-0.1, -0.05) is 30.9 Å². The molecule has 1 aromatic rings. The summed E-state index contributed by atoms with van der Waals surface area (Å²) in [4.78, 5) is 0. The van der Waals surface area contributed by atoms with Crippen LogP contribution in [0.5, 0.6) is 0 Å². The zero-order valence-electron chi connectivity index (χ0n) is 8.42. The zero-order chi connectivity index (χ0) is 9.97. The highest BCUT2D eigenvalue weighted by atomic mass is 16.3. The van der Waals surface area contributed by atoms with E-state index in [0.29, 0.717) is 0 Å². The lowest BCUT2D eigenvalue weighted by atomic mass is 10.0. The Labute approximate surface area is 84.4 Å². The van der Waals surface area contributed by atoms with Gasteiger partial charge in [0.05, 0.1) is 0 Å². The molecule has 0 bridgehead atoms.